The second-order valence-corrected chi connectivity index (χ2v) is 8.42. The van der Waals surface area contributed by atoms with E-state index in [0.717, 1.165) is 16.2 Å². The number of halogens is 2. The van der Waals surface area contributed by atoms with Crippen molar-refractivity contribution in [3.05, 3.63) is 73.3 Å². The molecular formula is C22H18FIN4O4. The average molecular weight is 548 g/mol. The normalized spacial score (nSPS) is 12.7. The Hall–Kier alpha value is -3.41. The number of fused-ring (bicyclic) bond motifs is 1. The molecule has 1 aromatic heterocycles. The standard InChI is InChI=1S/C22H18FIN4O4/c1-28-19(30)10-17(32-16-4-2-3-14-12(16)6-8-18(29)26-14)20(21(25)31)22(28)27-15-7-5-11(24)9-13(15)23/h2-5,7,9-10,27H,6,8H2,1H3,(H2,25,31)(H,26,29). The number of rotatable bonds is 5. The van der Waals surface area contributed by atoms with Crippen LogP contribution in [0.4, 0.5) is 21.6 Å². The average Bonchev–Trinajstić information content (AvgIpc) is 2.73. The van der Waals surface area contributed by atoms with Crippen LogP contribution >= 0.6 is 22.6 Å². The first-order chi connectivity index (χ1) is 15.2. The predicted octanol–water partition coefficient (Wildman–Crippen LogP) is 3.65. The monoisotopic (exact) mass is 548 g/mol. The number of nitrogens with two attached hydrogens (primary N) is 1. The Morgan fingerprint density at radius 2 is 1.97 bits per heavy atom. The van der Waals surface area contributed by atoms with E-state index in [0.29, 0.717) is 21.4 Å². The van der Waals surface area contributed by atoms with Crippen LogP contribution in [0.3, 0.4) is 0 Å². The Bertz CT molecular complexity index is 1320. The number of anilines is 3. The van der Waals surface area contributed by atoms with Gasteiger partial charge in [0.25, 0.3) is 11.5 Å². The third-order valence-electron chi connectivity index (χ3n) is 5.06. The summed E-state index contributed by atoms with van der Waals surface area (Å²) < 4.78 is 22.2. The summed E-state index contributed by atoms with van der Waals surface area (Å²) in [5.74, 6) is -1.21. The maximum Gasteiger partial charge on any atom is 0.256 e. The Morgan fingerprint density at radius 3 is 2.69 bits per heavy atom. The minimum absolute atomic E-state index is 0.00166. The van der Waals surface area contributed by atoms with E-state index >= 15 is 0 Å². The summed E-state index contributed by atoms with van der Waals surface area (Å²) in [7, 11) is 1.44. The Kier molecular flexibility index (Phi) is 5.87. The molecule has 0 fully saturated rings. The number of hydrogen-bond donors (Lipinski definition) is 3. The molecule has 0 atom stereocenters. The summed E-state index contributed by atoms with van der Waals surface area (Å²) in [6, 6.07) is 10.7. The fraction of sp³-hybridized carbons (Fsp3) is 0.136. The van der Waals surface area contributed by atoms with Gasteiger partial charge >= 0.3 is 0 Å². The molecule has 32 heavy (non-hydrogen) atoms. The van der Waals surface area contributed by atoms with E-state index < -0.39 is 17.3 Å². The van der Waals surface area contributed by atoms with Crippen molar-refractivity contribution in [2.45, 2.75) is 12.8 Å². The van der Waals surface area contributed by atoms with Crippen LogP contribution in [0.1, 0.15) is 22.3 Å². The molecule has 0 saturated heterocycles. The van der Waals surface area contributed by atoms with Crippen LogP contribution in [-0.4, -0.2) is 16.4 Å². The lowest BCUT2D eigenvalue weighted by atomic mass is 10.0. The Morgan fingerprint density at radius 1 is 1.19 bits per heavy atom. The first-order valence-corrected chi connectivity index (χ1v) is 10.7. The number of carbonyl (C=O) groups excluding carboxylic acids is 2. The molecule has 4 rings (SSSR count). The highest BCUT2D eigenvalue weighted by Gasteiger charge is 2.24. The molecule has 0 aliphatic carbocycles. The molecule has 1 aliphatic heterocycles. The van der Waals surface area contributed by atoms with Gasteiger partial charge in [0.05, 0.1) is 5.69 Å². The molecule has 2 amide bonds. The molecule has 0 radical (unpaired) electrons. The van der Waals surface area contributed by atoms with Crippen LogP contribution in [0.2, 0.25) is 0 Å². The van der Waals surface area contributed by atoms with Crippen molar-refractivity contribution in [2.75, 3.05) is 10.6 Å². The highest BCUT2D eigenvalue weighted by atomic mass is 127. The maximum absolute atomic E-state index is 14.4. The van der Waals surface area contributed by atoms with E-state index in [1.165, 1.54) is 19.2 Å². The number of pyridine rings is 1. The third-order valence-corrected chi connectivity index (χ3v) is 5.73. The van der Waals surface area contributed by atoms with Crippen molar-refractivity contribution < 1.29 is 18.7 Å². The molecule has 0 unspecified atom stereocenters. The van der Waals surface area contributed by atoms with Crippen molar-refractivity contribution in [1.82, 2.24) is 4.57 Å². The van der Waals surface area contributed by atoms with Crippen LogP contribution in [0, 0.1) is 9.39 Å². The zero-order chi connectivity index (χ0) is 23.0. The fourth-order valence-electron chi connectivity index (χ4n) is 3.47. The molecule has 164 valence electrons. The highest BCUT2D eigenvalue weighted by Crippen LogP contribution is 2.36. The molecule has 8 nitrogen and oxygen atoms in total. The quantitative estimate of drug-likeness (QED) is 0.422. The molecule has 0 bridgehead atoms. The summed E-state index contributed by atoms with van der Waals surface area (Å²) in [6.45, 7) is 0. The minimum Gasteiger partial charge on any atom is -0.456 e. The number of primary amides is 1. The topological polar surface area (TPSA) is 115 Å². The van der Waals surface area contributed by atoms with E-state index in [-0.39, 0.29) is 35.1 Å². The second kappa shape index (κ2) is 8.61. The number of hydrogen-bond acceptors (Lipinski definition) is 5. The molecule has 4 N–H and O–H groups in total. The highest BCUT2D eigenvalue weighted by molar-refractivity contribution is 14.1. The molecule has 1 aliphatic rings. The van der Waals surface area contributed by atoms with Gasteiger partial charge in [-0.05, 0) is 59.3 Å². The summed E-state index contributed by atoms with van der Waals surface area (Å²) >= 11 is 1.98. The number of nitrogens with zero attached hydrogens (tertiary/aromatic N) is 1. The number of ether oxygens (including phenoxy) is 1. The van der Waals surface area contributed by atoms with E-state index in [1.54, 1.807) is 24.3 Å². The van der Waals surface area contributed by atoms with Crippen molar-refractivity contribution in [3.8, 4) is 11.5 Å². The summed E-state index contributed by atoms with van der Waals surface area (Å²) in [6.07, 6.45) is 0.721. The van der Waals surface area contributed by atoms with Gasteiger partial charge in [-0.1, -0.05) is 6.07 Å². The second-order valence-electron chi connectivity index (χ2n) is 7.18. The van der Waals surface area contributed by atoms with E-state index in [9.17, 15) is 18.8 Å². The largest absolute Gasteiger partial charge is 0.456 e. The van der Waals surface area contributed by atoms with Gasteiger partial charge in [-0.3, -0.25) is 19.0 Å². The first kappa shape index (κ1) is 21.8. The van der Waals surface area contributed by atoms with Gasteiger partial charge < -0.3 is 21.1 Å². The molecule has 2 heterocycles. The van der Waals surface area contributed by atoms with Gasteiger partial charge in [0, 0.05) is 34.4 Å². The SMILES string of the molecule is Cn1c(Nc2ccc(I)cc2F)c(C(N)=O)c(Oc2cccc3c2CCC(=O)N3)cc1=O. The van der Waals surface area contributed by atoms with Crippen LogP contribution in [0.5, 0.6) is 11.5 Å². The molecule has 0 spiro atoms. The number of nitrogens with one attached hydrogen (secondary N) is 2. The molecule has 0 saturated carbocycles. The summed E-state index contributed by atoms with van der Waals surface area (Å²) in [5, 5.41) is 5.57. The van der Waals surface area contributed by atoms with E-state index in [2.05, 4.69) is 10.6 Å². The van der Waals surface area contributed by atoms with E-state index in [4.69, 9.17) is 10.5 Å². The van der Waals surface area contributed by atoms with Gasteiger partial charge in [0.1, 0.15) is 28.7 Å². The van der Waals surface area contributed by atoms with Crippen LogP contribution < -0.4 is 26.7 Å². The van der Waals surface area contributed by atoms with E-state index in [1.807, 2.05) is 22.6 Å². The Balaban J connectivity index is 1.82. The van der Waals surface area contributed by atoms with Gasteiger partial charge in [0.15, 0.2) is 0 Å². The molecule has 2 aromatic carbocycles. The summed E-state index contributed by atoms with van der Waals surface area (Å²) in [4.78, 5) is 36.7. The smallest absolute Gasteiger partial charge is 0.256 e. The Labute approximate surface area is 195 Å². The van der Waals surface area contributed by atoms with Crippen LogP contribution in [0.15, 0.2) is 47.3 Å². The lowest BCUT2D eigenvalue weighted by Crippen LogP contribution is -2.25. The number of benzene rings is 2. The predicted molar refractivity (Wildman–Crippen MR) is 126 cm³/mol. The molecule has 3 aromatic rings. The van der Waals surface area contributed by atoms with Crippen molar-refractivity contribution in [2.24, 2.45) is 12.8 Å². The van der Waals surface area contributed by atoms with Crippen LogP contribution in [-0.2, 0) is 18.3 Å². The zero-order valence-corrected chi connectivity index (χ0v) is 19.0. The van der Waals surface area contributed by atoms with Crippen LogP contribution in [0.25, 0.3) is 0 Å². The number of carbonyl (C=O) groups is 2. The number of aromatic nitrogens is 1. The van der Waals surface area contributed by atoms with Gasteiger partial charge in [-0.25, -0.2) is 4.39 Å². The third kappa shape index (κ3) is 4.17. The molecule has 10 heteroatoms. The fourth-order valence-corrected chi connectivity index (χ4v) is 3.92. The van der Waals surface area contributed by atoms with Gasteiger partial charge in [0.2, 0.25) is 5.91 Å². The lowest BCUT2D eigenvalue weighted by molar-refractivity contribution is -0.116. The van der Waals surface area contributed by atoms with Gasteiger partial charge in [-0.15, -0.1) is 0 Å². The first-order valence-electron chi connectivity index (χ1n) is 9.60. The maximum atomic E-state index is 14.4. The number of amides is 2. The minimum atomic E-state index is -0.859. The van der Waals surface area contributed by atoms with Crippen molar-refractivity contribution >= 4 is 51.6 Å². The lowest BCUT2D eigenvalue weighted by Gasteiger charge is -2.22. The summed E-state index contributed by atoms with van der Waals surface area (Å²) in [5.41, 5.74) is 6.44. The zero-order valence-electron chi connectivity index (χ0n) is 16.9. The van der Waals surface area contributed by atoms with Gasteiger partial charge in [-0.2, -0.15) is 0 Å². The van der Waals surface area contributed by atoms with Crippen molar-refractivity contribution in [1.29, 1.82) is 0 Å². The molecular weight excluding hydrogens is 530 g/mol. The van der Waals surface area contributed by atoms with Crippen molar-refractivity contribution in [3.63, 3.8) is 0 Å².